The van der Waals surface area contributed by atoms with Gasteiger partial charge in [-0.3, -0.25) is 4.98 Å². The van der Waals surface area contributed by atoms with E-state index in [1.807, 2.05) is 48.5 Å². The summed E-state index contributed by atoms with van der Waals surface area (Å²) < 4.78 is 26.1. The fourth-order valence-electron chi connectivity index (χ4n) is 4.95. The van der Waals surface area contributed by atoms with Crippen LogP contribution in [0.5, 0.6) is 17.2 Å². The van der Waals surface area contributed by atoms with Gasteiger partial charge in [0.15, 0.2) is 11.3 Å². The first-order chi connectivity index (χ1) is 18.1. The highest BCUT2D eigenvalue weighted by Gasteiger charge is 2.48. The van der Waals surface area contributed by atoms with Crippen LogP contribution in [-0.4, -0.2) is 26.0 Å². The van der Waals surface area contributed by atoms with Crippen molar-refractivity contribution in [2.75, 3.05) is 0 Å². The number of benzene rings is 2. The third-order valence-electron chi connectivity index (χ3n) is 6.53. The highest BCUT2D eigenvalue weighted by molar-refractivity contribution is 5.82. The highest BCUT2D eigenvalue weighted by Crippen LogP contribution is 2.56. The quantitative estimate of drug-likeness (QED) is 0.354. The molecule has 1 unspecified atom stereocenters. The van der Waals surface area contributed by atoms with Gasteiger partial charge in [0.2, 0.25) is 5.95 Å². The van der Waals surface area contributed by atoms with Gasteiger partial charge in [0.25, 0.3) is 6.02 Å². The molecule has 7 rings (SSSR count). The van der Waals surface area contributed by atoms with Crippen LogP contribution in [0.4, 0.5) is 4.39 Å². The SMILES string of the molecule is NC1=NC2(c3ccccc3O1)c1cc(-c3cncnc3)ccc1Oc1cnc(-c3ccnc(F)c3)cc12. The topological polar surface area (TPSA) is 108 Å². The van der Waals surface area contributed by atoms with E-state index in [0.29, 0.717) is 34.1 Å². The minimum atomic E-state index is -1.11. The van der Waals surface area contributed by atoms with Crippen LogP contribution in [-0.2, 0) is 5.54 Å². The molecule has 1 spiro atoms. The summed E-state index contributed by atoms with van der Waals surface area (Å²) in [6.07, 6.45) is 8.00. The van der Waals surface area contributed by atoms with E-state index in [4.69, 9.17) is 20.2 Å². The fraction of sp³-hybridized carbons (Fsp3) is 0.0357. The van der Waals surface area contributed by atoms with Crippen LogP contribution in [0.2, 0.25) is 0 Å². The van der Waals surface area contributed by atoms with Crippen molar-refractivity contribution in [1.29, 1.82) is 0 Å². The molecule has 2 N–H and O–H groups in total. The third-order valence-corrected chi connectivity index (χ3v) is 6.53. The molecule has 8 nitrogen and oxygen atoms in total. The molecule has 2 aliphatic heterocycles. The minimum absolute atomic E-state index is 0.0132. The van der Waals surface area contributed by atoms with Gasteiger partial charge in [-0.05, 0) is 35.9 Å². The Hall–Kier alpha value is -5.18. The van der Waals surface area contributed by atoms with E-state index in [9.17, 15) is 4.39 Å². The smallest absolute Gasteiger partial charge is 0.289 e. The fourth-order valence-corrected chi connectivity index (χ4v) is 4.95. The molecule has 1 atom stereocenters. The molecule has 178 valence electrons. The van der Waals surface area contributed by atoms with Crippen LogP contribution in [0.3, 0.4) is 0 Å². The monoisotopic (exact) mass is 488 g/mol. The van der Waals surface area contributed by atoms with E-state index in [-0.39, 0.29) is 6.02 Å². The molecule has 0 saturated heterocycles. The van der Waals surface area contributed by atoms with Gasteiger partial charge in [-0.1, -0.05) is 24.3 Å². The summed E-state index contributed by atoms with van der Waals surface area (Å²) in [5, 5.41) is 0. The number of aliphatic imine (C=N–C) groups is 1. The predicted octanol–water partition coefficient (Wildman–Crippen LogP) is 4.84. The molecule has 3 aromatic heterocycles. The largest absolute Gasteiger partial charge is 0.455 e. The molecule has 0 saturated carbocycles. The molecular weight excluding hydrogens is 471 g/mol. The minimum Gasteiger partial charge on any atom is -0.455 e. The normalized spacial score (nSPS) is 17.1. The molecule has 2 aromatic carbocycles. The number of pyridine rings is 2. The lowest BCUT2D eigenvalue weighted by molar-refractivity contribution is 0.398. The van der Waals surface area contributed by atoms with Gasteiger partial charge in [0, 0.05) is 52.5 Å². The first-order valence-corrected chi connectivity index (χ1v) is 11.4. The number of amidine groups is 1. The summed E-state index contributed by atoms with van der Waals surface area (Å²) in [4.78, 5) is 21.5. The zero-order valence-electron chi connectivity index (χ0n) is 19.2. The summed E-state index contributed by atoms with van der Waals surface area (Å²) in [6.45, 7) is 0. The third kappa shape index (κ3) is 3.24. The average Bonchev–Trinajstić information content (AvgIpc) is 2.93. The van der Waals surface area contributed by atoms with Crippen molar-refractivity contribution in [3.05, 3.63) is 114 Å². The second-order valence-electron chi connectivity index (χ2n) is 8.63. The Morgan fingerprint density at radius 2 is 1.51 bits per heavy atom. The Morgan fingerprint density at radius 3 is 2.38 bits per heavy atom. The molecule has 9 heteroatoms. The van der Waals surface area contributed by atoms with Crippen molar-refractivity contribution in [1.82, 2.24) is 19.9 Å². The van der Waals surface area contributed by atoms with Crippen molar-refractivity contribution < 1.29 is 13.9 Å². The Kier molecular flexibility index (Phi) is 4.52. The van der Waals surface area contributed by atoms with Gasteiger partial charge in [-0.25, -0.2) is 19.9 Å². The Bertz CT molecular complexity index is 1730. The lowest BCUT2D eigenvalue weighted by atomic mass is 9.74. The average molecular weight is 488 g/mol. The summed E-state index contributed by atoms with van der Waals surface area (Å²) in [5.74, 6) is 1.10. The number of halogens is 1. The number of nitrogens with two attached hydrogens (primary N) is 1. The summed E-state index contributed by atoms with van der Waals surface area (Å²) in [5.41, 5.74) is 10.2. The number of hydrogen-bond acceptors (Lipinski definition) is 8. The summed E-state index contributed by atoms with van der Waals surface area (Å²) in [7, 11) is 0. The summed E-state index contributed by atoms with van der Waals surface area (Å²) in [6, 6.07) is 18.3. The lowest BCUT2D eigenvalue weighted by Gasteiger charge is -2.40. The van der Waals surface area contributed by atoms with Gasteiger partial charge >= 0.3 is 0 Å². The van der Waals surface area contributed by atoms with E-state index in [2.05, 4.69) is 19.9 Å². The maximum atomic E-state index is 14.0. The molecule has 2 aliphatic rings. The van der Waals surface area contributed by atoms with Gasteiger partial charge in [0.05, 0.1) is 11.9 Å². The predicted molar refractivity (Wildman–Crippen MR) is 134 cm³/mol. The highest BCUT2D eigenvalue weighted by atomic mass is 19.1. The second kappa shape index (κ2) is 7.92. The molecule has 0 amide bonds. The zero-order valence-corrected chi connectivity index (χ0v) is 19.2. The van der Waals surface area contributed by atoms with E-state index in [1.54, 1.807) is 24.7 Å². The number of aromatic nitrogens is 4. The Morgan fingerprint density at radius 1 is 0.703 bits per heavy atom. The molecule has 37 heavy (non-hydrogen) atoms. The molecule has 0 aliphatic carbocycles. The molecule has 0 fully saturated rings. The molecule has 0 radical (unpaired) electrons. The summed E-state index contributed by atoms with van der Waals surface area (Å²) >= 11 is 0. The number of rotatable bonds is 2. The van der Waals surface area contributed by atoms with E-state index < -0.39 is 11.5 Å². The lowest BCUT2D eigenvalue weighted by Crippen LogP contribution is -2.39. The van der Waals surface area contributed by atoms with Crippen LogP contribution < -0.4 is 15.2 Å². The number of ether oxygens (including phenoxy) is 2. The van der Waals surface area contributed by atoms with Crippen LogP contribution in [0, 0.1) is 5.95 Å². The van der Waals surface area contributed by atoms with Crippen molar-refractivity contribution in [2.45, 2.75) is 5.54 Å². The van der Waals surface area contributed by atoms with Crippen LogP contribution in [0.15, 0.2) is 96.8 Å². The first-order valence-electron chi connectivity index (χ1n) is 11.4. The maximum absolute atomic E-state index is 14.0. The zero-order chi connectivity index (χ0) is 25.0. The standard InChI is InChI=1S/C28H17FN6O2/c29-26-10-17(7-8-33-26)22-11-21-25(14-34-22)36-24-6-5-16(18-12-31-15-32-13-18)9-20(24)28(21)19-3-1-2-4-23(19)37-27(30)35-28/h1-15H,(H2,30,35). The van der Waals surface area contributed by atoms with Gasteiger partial charge in [-0.15, -0.1) is 0 Å². The van der Waals surface area contributed by atoms with E-state index in [1.165, 1.54) is 18.6 Å². The number of para-hydroxylation sites is 1. The van der Waals surface area contributed by atoms with E-state index >= 15 is 0 Å². The first kappa shape index (κ1) is 21.1. The van der Waals surface area contributed by atoms with Crippen molar-refractivity contribution in [3.63, 3.8) is 0 Å². The van der Waals surface area contributed by atoms with Crippen LogP contribution in [0.25, 0.3) is 22.4 Å². The van der Waals surface area contributed by atoms with Crippen molar-refractivity contribution in [2.24, 2.45) is 10.7 Å². The van der Waals surface area contributed by atoms with Crippen molar-refractivity contribution >= 4 is 6.02 Å². The van der Waals surface area contributed by atoms with Gasteiger partial charge in [-0.2, -0.15) is 4.39 Å². The number of fused-ring (bicyclic) bond motifs is 6. The Balaban J connectivity index is 1.54. The molecule has 5 aromatic rings. The van der Waals surface area contributed by atoms with E-state index in [0.717, 1.165) is 22.3 Å². The van der Waals surface area contributed by atoms with Crippen molar-refractivity contribution in [3.8, 4) is 39.6 Å². The number of hydrogen-bond donors (Lipinski definition) is 1. The van der Waals surface area contributed by atoms with Gasteiger partial charge in [0.1, 0.15) is 17.8 Å². The Labute approximate surface area is 210 Å². The molecule has 5 heterocycles. The molecule has 0 bridgehead atoms. The van der Waals surface area contributed by atoms with Crippen LogP contribution >= 0.6 is 0 Å². The maximum Gasteiger partial charge on any atom is 0.289 e. The number of nitrogens with zero attached hydrogens (tertiary/aromatic N) is 5. The van der Waals surface area contributed by atoms with Crippen LogP contribution in [0.1, 0.15) is 16.7 Å². The second-order valence-corrected chi connectivity index (χ2v) is 8.63. The molecular formula is C28H17FN6O2. The van der Waals surface area contributed by atoms with Gasteiger partial charge < -0.3 is 15.2 Å².